The summed E-state index contributed by atoms with van der Waals surface area (Å²) < 4.78 is 0. The van der Waals surface area contributed by atoms with Gasteiger partial charge >= 0.3 is 0 Å². The Morgan fingerprint density at radius 1 is 1.19 bits per heavy atom. The van der Waals surface area contributed by atoms with Crippen LogP contribution in [0.4, 0.5) is 0 Å². The van der Waals surface area contributed by atoms with E-state index in [9.17, 15) is 4.79 Å². The lowest BCUT2D eigenvalue weighted by Gasteiger charge is -2.09. The van der Waals surface area contributed by atoms with Gasteiger partial charge in [0, 0.05) is 6.54 Å². The molecule has 1 amide bonds. The van der Waals surface area contributed by atoms with Crippen molar-refractivity contribution in [3.8, 4) is 0 Å². The minimum Gasteiger partial charge on any atom is -0.355 e. The van der Waals surface area contributed by atoms with Gasteiger partial charge in [-0.1, -0.05) is 46.5 Å². The molecule has 3 N–H and O–H groups in total. The molecule has 1 atom stereocenters. The van der Waals surface area contributed by atoms with Gasteiger partial charge in [0.15, 0.2) is 0 Å². The van der Waals surface area contributed by atoms with E-state index in [0.29, 0.717) is 6.42 Å². The number of hydrogen-bond acceptors (Lipinski definition) is 2. The molecule has 0 radical (unpaired) electrons. The van der Waals surface area contributed by atoms with Crippen LogP contribution in [0.5, 0.6) is 0 Å². The van der Waals surface area contributed by atoms with E-state index in [4.69, 9.17) is 5.73 Å². The van der Waals surface area contributed by atoms with Crippen molar-refractivity contribution in [3.63, 3.8) is 0 Å². The van der Waals surface area contributed by atoms with E-state index < -0.39 is 0 Å². The number of rotatable bonds is 9. The maximum atomic E-state index is 11.3. The van der Waals surface area contributed by atoms with Crippen LogP contribution in [0.1, 0.15) is 59.3 Å². The van der Waals surface area contributed by atoms with Crippen LogP contribution < -0.4 is 11.1 Å². The zero-order chi connectivity index (χ0) is 12.4. The Morgan fingerprint density at radius 3 is 2.38 bits per heavy atom. The molecule has 0 aromatic heterocycles. The summed E-state index contributed by atoms with van der Waals surface area (Å²) in [6.07, 6.45) is 6.87. The van der Waals surface area contributed by atoms with Crippen molar-refractivity contribution in [2.45, 2.75) is 65.3 Å². The van der Waals surface area contributed by atoms with Crippen LogP contribution in [0, 0.1) is 5.92 Å². The minimum atomic E-state index is -0.332. The van der Waals surface area contributed by atoms with E-state index in [1.54, 1.807) is 0 Å². The van der Waals surface area contributed by atoms with E-state index in [1.807, 2.05) is 6.92 Å². The second-order valence-electron chi connectivity index (χ2n) is 4.90. The highest BCUT2D eigenvalue weighted by atomic mass is 16.2. The fourth-order valence-electron chi connectivity index (χ4n) is 1.56. The third kappa shape index (κ3) is 8.72. The summed E-state index contributed by atoms with van der Waals surface area (Å²) >= 11 is 0. The monoisotopic (exact) mass is 228 g/mol. The zero-order valence-corrected chi connectivity index (χ0v) is 11.1. The summed E-state index contributed by atoms with van der Waals surface area (Å²) in [6.45, 7) is 7.21. The van der Waals surface area contributed by atoms with Gasteiger partial charge in [-0.25, -0.2) is 0 Å². The molecule has 0 aromatic rings. The third-order valence-corrected chi connectivity index (χ3v) is 2.78. The quantitative estimate of drug-likeness (QED) is 0.596. The smallest absolute Gasteiger partial charge is 0.236 e. The normalized spacial score (nSPS) is 12.8. The Hall–Kier alpha value is -0.570. The second-order valence-corrected chi connectivity index (χ2v) is 4.90. The average molecular weight is 228 g/mol. The summed E-state index contributed by atoms with van der Waals surface area (Å²) in [5.41, 5.74) is 5.60. The molecule has 0 fully saturated rings. The fourth-order valence-corrected chi connectivity index (χ4v) is 1.56. The number of amides is 1. The maximum Gasteiger partial charge on any atom is 0.236 e. The SMILES string of the molecule is CC[C@@H](N)C(=O)NCCCCCCC(C)C. The molecule has 3 heteroatoms. The van der Waals surface area contributed by atoms with Gasteiger partial charge in [0.2, 0.25) is 5.91 Å². The molecule has 3 nitrogen and oxygen atoms in total. The van der Waals surface area contributed by atoms with Crippen molar-refractivity contribution in [1.29, 1.82) is 0 Å². The number of carbonyl (C=O) groups excluding carboxylic acids is 1. The predicted octanol–water partition coefficient (Wildman–Crippen LogP) is 2.45. The first-order valence-corrected chi connectivity index (χ1v) is 6.61. The average Bonchev–Trinajstić information content (AvgIpc) is 2.25. The van der Waals surface area contributed by atoms with E-state index in [2.05, 4.69) is 19.2 Å². The predicted molar refractivity (Wildman–Crippen MR) is 69.2 cm³/mol. The van der Waals surface area contributed by atoms with E-state index in [-0.39, 0.29) is 11.9 Å². The van der Waals surface area contributed by atoms with Gasteiger partial charge in [-0.05, 0) is 18.8 Å². The van der Waals surface area contributed by atoms with Crippen LogP contribution in [0.15, 0.2) is 0 Å². The van der Waals surface area contributed by atoms with Gasteiger partial charge in [0.1, 0.15) is 0 Å². The van der Waals surface area contributed by atoms with Gasteiger partial charge < -0.3 is 11.1 Å². The van der Waals surface area contributed by atoms with Crippen LogP contribution in [-0.2, 0) is 4.79 Å². The maximum absolute atomic E-state index is 11.3. The Bertz CT molecular complexity index is 181. The standard InChI is InChI=1S/C13H28N2O/c1-4-12(14)13(16)15-10-8-6-5-7-9-11(2)3/h11-12H,4-10,14H2,1-3H3,(H,15,16)/t12-/m1/s1. The number of nitrogens with one attached hydrogen (secondary N) is 1. The van der Waals surface area contributed by atoms with Crippen LogP contribution in [0.3, 0.4) is 0 Å². The summed E-state index contributed by atoms with van der Waals surface area (Å²) in [6, 6.07) is -0.332. The Labute approximate surface area is 100 Å². The van der Waals surface area contributed by atoms with Gasteiger partial charge in [0.25, 0.3) is 0 Å². The van der Waals surface area contributed by atoms with Gasteiger partial charge in [-0.15, -0.1) is 0 Å². The van der Waals surface area contributed by atoms with Gasteiger partial charge in [0.05, 0.1) is 6.04 Å². The highest BCUT2D eigenvalue weighted by Gasteiger charge is 2.08. The molecule has 0 unspecified atom stereocenters. The fraction of sp³-hybridized carbons (Fsp3) is 0.923. The lowest BCUT2D eigenvalue weighted by molar-refractivity contribution is -0.122. The summed E-state index contributed by atoms with van der Waals surface area (Å²) in [7, 11) is 0. The van der Waals surface area contributed by atoms with Crippen molar-refractivity contribution >= 4 is 5.91 Å². The summed E-state index contributed by atoms with van der Waals surface area (Å²) in [5, 5.41) is 2.87. The first-order chi connectivity index (χ1) is 7.57. The summed E-state index contributed by atoms with van der Waals surface area (Å²) in [4.78, 5) is 11.3. The Balaban J connectivity index is 3.24. The molecule has 0 aliphatic carbocycles. The highest BCUT2D eigenvalue weighted by molar-refractivity contribution is 5.81. The van der Waals surface area contributed by atoms with E-state index in [1.165, 1.54) is 25.7 Å². The third-order valence-electron chi connectivity index (χ3n) is 2.78. The van der Waals surface area contributed by atoms with Crippen molar-refractivity contribution in [2.75, 3.05) is 6.54 Å². The number of unbranched alkanes of at least 4 members (excludes halogenated alkanes) is 3. The number of nitrogens with two attached hydrogens (primary N) is 1. The Morgan fingerprint density at radius 2 is 1.81 bits per heavy atom. The highest BCUT2D eigenvalue weighted by Crippen LogP contribution is 2.08. The molecule has 0 saturated heterocycles. The van der Waals surface area contributed by atoms with Crippen LogP contribution in [-0.4, -0.2) is 18.5 Å². The first-order valence-electron chi connectivity index (χ1n) is 6.61. The van der Waals surface area contributed by atoms with Crippen LogP contribution in [0.2, 0.25) is 0 Å². The molecule has 0 bridgehead atoms. The second kappa shape index (κ2) is 9.64. The first kappa shape index (κ1) is 15.4. The largest absolute Gasteiger partial charge is 0.355 e. The lowest BCUT2D eigenvalue weighted by atomic mass is 10.0. The molecule has 0 saturated carbocycles. The van der Waals surface area contributed by atoms with Crippen molar-refractivity contribution in [1.82, 2.24) is 5.32 Å². The number of carbonyl (C=O) groups is 1. The summed E-state index contributed by atoms with van der Waals surface area (Å²) in [5.74, 6) is 0.798. The lowest BCUT2D eigenvalue weighted by Crippen LogP contribution is -2.40. The van der Waals surface area contributed by atoms with Gasteiger partial charge in [-0.2, -0.15) is 0 Å². The molecule has 16 heavy (non-hydrogen) atoms. The van der Waals surface area contributed by atoms with Crippen molar-refractivity contribution in [3.05, 3.63) is 0 Å². The molecule has 0 rings (SSSR count). The van der Waals surface area contributed by atoms with E-state index >= 15 is 0 Å². The van der Waals surface area contributed by atoms with Crippen molar-refractivity contribution < 1.29 is 4.79 Å². The number of hydrogen-bond donors (Lipinski definition) is 2. The Kier molecular flexibility index (Phi) is 9.30. The topological polar surface area (TPSA) is 55.1 Å². The van der Waals surface area contributed by atoms with Gasteiger partial charge in [-0.3, -0.25) is 4.79 Å². The molecule has 0 aliphatic heterocycles. The molecule has 0 heterocycles. The molecule has 0 spiro atoms. The van der Waals surface area contributed by atoms with Crippen LogP contribution in [0.25, 0.3) is 0 Å². The van der Waals surface area contributed by atoms with Crippen LogP contribution >= 0.6 is 0 Å². The molecular formula is C13H28N2O. The molecule has 0 aliphatic rings. The minimum absolute atomic E-state index is 0.00956. The molecule has 0 aromatic carbocycles. The molecular weight excluding hydrogens is 200 g/mol. The molecule has 96 valence electrons. The zero-order valence-electron chi connectivity index (χ0n) is 11.1. The van der Waals surface area contributed by atoms with Crippen molar-refractivity contribution in [2.24, 2.45) is 11.7 Å². The van der Waals surface area contributed by atoms with E-state index in [0.717, 1.165) is 18.9 Å².